The SMILES string of the molecule is CC(C)Nc1n[nH]c(-c2ccccc2)c1-c1ccccc1. The van der Waals surface area contributed by atoms with Crippen molar-refractivity contribution in [1.82, 2.24) is 10.2 Å². The summed E-state index contributed by atoms with van der Waals surface area (Å²) in [5, 5.41) is 11.1. The van der Waals surface area contributed by atoms with E-state index in [0.717, 1.165) is 28.2 Å². The Bertz CT molecular complexity index is 700. The second-order valence-corrected chi connectivity index (χ2v) is 5.35. The van der Waals surface area contributed by atoms with Gasteiger partial charge in [-0.3, -0.25) is 5.10 Å². The summed E-state index contributed by atoms with van der Waals surface area (Å²) in [5.74, 6) is 0.898. The highest BCUT2D eigenvalue weighted by Gasteiger charge is 2.16. The molecule has 0 aliphatic carbocycles. The first-order valence-electron chi connectivity index (χ1n) is 7.21. The predicted octanol–water partition coefficient (Wildman–Crippen LogP) is 4.56. The third-order valence-corrected chi connectivity index (χ3v) is 3.32. The number of anilines is 1. The largest absolute Gasteiger partial charge is 0.366 e. The van der Waals surface area contributed by atoms with Crippen LogP contribution in [0.5, 0.6) is 0 Å². The predicted molar refractivity (Wildman–Crippen MR) is 88.2 cm³/mol. The maximum Gasteiger partial charge on any atom is 0.156 e. The van der Waals surface area contributed by atoms with Crippen LogP contribution in [0.2, 0.25) is 0 Å². The summed E-state index contributed by atoms with van der Waals surface area (Å²) in [5.41, 5.74) is 4.47. The first-order chi connectivity index (χ1) is 10.3. The third kappa shape index (κ3) is 2.82. The number of aromatic amines is 1. The molecule has 0 saturated carbocycles. The van der Waals surface area contributed by atoms with Crippen LogP contribution in [0, 0.1) is 0 Å². The standard InChI is InChI=1S/C18H19N3/c1-13(2)19-18-16(14-9-5-3-6-10-14)17(20-21-18)15-11-7-4-8-12-15/h3-13H,1-2H3,(H2,19,20,21). The van der Waals surface area contributed by atoms with Crippen LogP contribution in [0.4, 0.5) is 5.82 Å². The molecule has 0 bridgehead atoms. The summed E-state index contributed by atoms with van der Waals surface area (Å²) in [7, 11) is 0. The maximum atomic E-state index is 4.47. The van der Waals surface area contributed by atoms with Gasteiger partial charge in [-0.05, 0) is 19.4 Å². The van der Waals surface area contributed by atoms with Crippen LogP contribution in [0.3, 0.4) is 0 Å². The summed E-state index contributed by atoms with van der Waals surface area (Å²) < 4.78 is 0. The lowest BCUT2D eigenvalue weighted by atomic mass is 10.0. The second-order valence-electron chi connectivity index (χ2n) is 5.35. The topological polar surface area (TPSA) is 40.7 Å². The molecule has 0 aliphatic rings. The Kier molecular flexibility index (Phi) is 3.73. The van der Waals surface area contributed by atoms with Gasteiger partial charge < -0.3 is 5.32 Å². The molecule has 3 rings (SSSR count). The van der Waals surface area contributed by atoms with E-state index >= 15 is 0 Å². The first-order valence-corrected chi connectivity index (χ1v) is 7.21. The van der Waals surface area contributed by atoms with Gasteiger partial charge in [0.15, 0.2) is 5.82 Å². The number of nitrogens with one attached hydrogen (secondary N) is 2. The van der Waals surface area contributed by atoms with E-state index in [1.807, 2.05) is 24.3 Å². The Morgan fingerprint density at radius 1 is 0.857 bits per heavy atom. The van der Waals surface area contributed by atoms with Gasteiger partial charge in [0.25, 0.3) is 0 Å². The number of rotatable bonds is 4. The van der Waals surface area contributed by atoms with Crippen LogP contribution in [0.1, 0.15) is 13.8 Å². The Hall–Kier alpha value is -2.55. The quantitative estimate of drug-likeness (QED) is 0.733. The maximum absolute atomic E-state index is 4.47. The van der Waals surface area contributed by atoms with Gasteiger partial charge >= 0.3 is 0 Å². The van der Waals surface area contributed by atoms with Crippen molar-refractivity contribution < 1.29 is 0 Å². The van der Waals surface area contributed by atoms with E-state index < -0.39 is 0 Å². The lowest BCUT2D eigenvalue weighted by Gasteiger charge is -2.10. The van der Waals surface area contributed by atoms with E-state index in [1.54, 1.807) is 0 Å². The molecule has 0 atom stereocenters. The Morgan fingerprint density at radius 3 is 2.00 bits per heavy atom. The molecule has 0 amide bonds. The lowest BCUT2D eigenvalue weighted by Crippen LogP contribution is -2.10. The van der Waals surface area contributed by atoms with Crippen molar-refractivity contribution in [2.75, 3.05) is 5.32 Å². The molecule has 106 valence electrons. The molecule has 0 fully saturated rings. The van der Waals surface area contributed by atoms with Crippen LogP contribution >= 0.6 is 0 Å². The number of nitrogens with zero attached hydrogens (tertiary/aromatic N) is 1. The molecule has 3 aromatic rings. The van der Waals surface area contributed by atoms with Gasteiger partial charge in [0.2, 0.25) is 0 Å². The minimum atomic E-state index is 0.333. The summed E-state index contributed by atoms with van der Waals surface area (Å²) in [6.45, 7) is 4.23. The van der Waals surface area contributed by atoms with E-state index in [-0.39, 0.29) is 0 Å². The van der Waals surface area contributed by atoms with E-state index in [2.05, 4.69) is 65.8 Å². The highest BCUT2D eigenvalue weighted by atomic mass is 15.2. The van der Waals surface area contributed by atoms with Crippen molar-refractivity contribution in [1.29, 1.82) is 0 Å². The second kappa shape index (κ2) is 5.83. The number of hydrogen-bond donors (Lipinski definition) is 2. The van der Waals surface area contributed by atoms with Crippen LogP contribution < -0.4 is 5.32 Å². The Balaban J connectivity index is 2.15. The van der Waals surface area contributed by atoms with Crippen molar-refractivity contribution in [3.63, 3.8) is 0 Å². The summed E-state index contributed by atoms with van der Waals surface area (Å²) in [6.07, 6.45) is 0. The Morgan fingerprint density at radius 2 is 1.43 bits per heavy atom. The van der Waals surface area contributed by atoms with Gasteiger partial charge in [-0.1, -0.05) is 60.7 Å². The highest BCUT2D eigenvalue weighted by molar-refractivity contribution is 5.88. The molecule has 0 radical (unpaired) electrons. The van der Waals surface area contributed by atoms with E-state index in [0.29, 0.717) is 6.04 Å². The molecule has 1 aromatic heterocycles. The van der Waals surface area contributed by atoms with Gasteiger partial charge in [0.1, 0.15) is 0 Å². The molecule has 0 unspecified atom stereocenters. The van der Waals surface area contributed by atoms with Crippen LogP contribution in [0.15, 0.2) is 60.7 Å². The molecular weight excluding hydrogens is 258 g/mol. The number of benzene rings is 2. The Labute approximate surface area is 125 Å². The molecule has 0 saturated heterocycles. The van der Waals surface area contributed by atoms with Gasteiger partial charge in [0.05, 0.1) is 11.3 Å². The van der Waals surface area contributed by atoms with Crippen LogP contribution in [0.25, 0.3) is 22.4 Å². The summed E-state index contributed by atoms with van der Waals surface area (Å²) >= 11 is 0. The average Bonchev–Trinajstić information content (AvgIpc) is 2.92. The summed E-state index contributed by atoms with van der Waals surface area (Å²) in [6, 6.07) is 21.0. The van der Waals surface area contributed by atoms with Gasteiger partial charge in [-0.2, -0.15) is 5.10 Å². The van der Waals surface area contributed by atoms with Gasteiger partial charge in [-0.25, -0.2) is 0 Å². The monoisotopic (exact) mass is 277 g/mol. The van der Waals surface area contributed by atoms with Crippen molar-refractivity contribution in [2.45, 2.75) is 19.9 Å². The van der Waals surface area contributed by atoms with E-state index in [4.69, 9.17) is 0 Å². The molecule has 1 heterocycles. The summed E-state index contributed by atoms with van der Waals surface area (Å²) in [4.78, 5) is 0. The molecule has 0 aliphatic heterocycles. The highest BCUT2D eigenvalue weighted by Crippen LogP contribution is 2.36. The van der Waals surface area contributed by atoms with Crippen LogP contribution in [-0.2, 0) is 0 Å². The zero-order valence-corrected chi connectivity index (χ0v) is 12.3. The van der Waals surface area contributed by atoms with Crippen molar-refractivity contribution in [3.8, 4) is 22.4 Å². The molecular formula is C18H19N3. The van der Waals surface area contributed by atoms with Crippen molar-refractivity contribution >= 4 is 5.82 Å². The smallest absolute Gasteiger partial charge is 0.156 e. The molecule has 2 N–H and O–H groups in total. The van der Waals surface area contributed by atoms with Crippen LogP contribution in [-0.4, -0.2) is 16.2 Å². The minimum absolute atomic E-state index is 0.333. The van der Waals surface area contributed by atoms with Gasteiger partial charge in [-0.15, -0.1) is 0 Å². The fraction of sp³-hybridized carbons (Fsp3) is 0.167. The number of aromatic nitrogens is 2. The number of hydrogen-bond acceptors (Lipinski definition) is 2. The lowest BCUT2D eigenvalue weighted by molar-refractivity contribution is 0.885. The molecule has 3 nitrogen and oxygen atoms in total. The zero-order valence-electron chi connectivity index (χ0n) is 12.3. The van der Waals surface area contributed by atoms with Crippen molar-refractivity contribution in [3.05, 3.63) is 60.7 Å². The fourth-order valence-corrected chi connectivity index (χ4v) is 2.42. The molecule has 0 spiro atoms. The first kappa shape index (κ1) is 13.4. The van der Waals surface area contributed by atoms with E-state index in [1.165, 1.54) is 0 Å². The third-order valence-electron chi connectivity index (χ3n) is 3.32. The fourth-order valence-electron chi connectivity index (χ4n) is 2.42. The molecule has 2 aromatic carbocycles. The van der Waals surface area contributed by atoms with Gasteiger partial charge in [0, 0.05) is 11.6 Å². The molecule has 3 heteroatoms. The minimum Gasteiger partial charge on any atom is -0.366 e. The van der Waals surface area contributed by atoms with Crippen molar-refractivity contribution in [2.24, 2.45) is 0 Å². The van der Waals surface area contributed by atoms with E-state index in [9.17, 15) is 0 Å². The average molecular weight is 277 g/mol. The number of H-pyrrole nitrogens is 1. The zero-order chi connectivity index (χ0) is 14.7. The normalized spacial score (nSPS) is 10.8. The molecule has 21 heavy (non-hydrogen) atoms.